The van der Waals surface area contributed by atoms with Crippen LogP contribution in [0, 0.1) is 13.8 Å². The first-order chi connectivity index (χ1) is 14.5. The first-order valence-electron chi connectivity index (χ1n) is 9.31. The van der Waals surface area contributed by atoms with Crippen LogP contribution >= 0.6 is 0 Å². The lowest BCUT2D eigenvalue weighted by Gasteiger charge is -2.05. The molecule has 0 aliphatic heterocycles. The van der Waals surface area contributed by atoms with Crippen molar-refractivity contribution >= 4 is 17.7 Å². The van der Waals surface area contributed by atoms with Gasteiger partial charge in [-0.2, -0.15) is 5.10 Å². The largest absolute Gasteiger partial charge is 0.496 e. The fourth-order valence-corrected chi connectivity index (χ4v) is 3.14. The molecule has 0 unspecified atom stereocenters. The van der Waals surface area contributed by atoms with Gasteiger partial charge < -0.3 is 24.5 Å². The molecule has 0 atom stereocenters. The number of benzene rings is 1. The Morgan fingerprint density at radius 2 is 1.90 bits per heavy atom. The van der Waals surface area contributed by atoms with Gasteiger partial charge in [0.25, 0.3) is 5.91 Å². The molecule has 0 saturated carbocycles. The van der Waals surface area contributed by atoms with Crippen molar-refractivity contribution in [2.24, 2.45) is 0 Å². The maximum absolute atomic E-state index is 12.8. The van der Waals surface area contributed by atoms with E-state index in [1.165, 1.54) is 7.11 Å². The number of rotatable bonds is 8. The minimum Gasteiger partial charge on any atom is -0.496 e. The van der Waals surface area contributed by atoms with Gasteiger partial charge >= 0.3 is 5.97 Å². The summed E-state index contributed by atoms with van der Waals surface area (Å²) in [6.45, 7) is 3.84. The Labute approximate surface area is 173 Å². The maximum Gasteiger partial charge on any atom is 0.340 e. The zero-order valence-corrected chi connectivity index (χ0v) is 17.3. The predicted octanol–water partition coefficient (Wildman–Crippen LogP) is 3.09. The van der Waals surface area contributed by atoms with Crippen molar-refractivity contribution in [3.05, 3.63) is 52.8 Å². The van der Waals surface area contributed by atoms with E-state index >= 15 is 0 Å². The second-order valence-corrected chi connectivity index (χ2v) is 6.57. The van der Waals surface area contributed by atoms with Gasteiger partial charge in [-0.3, -0.25) is 9.89 Å². The third kappa shape index (κ3) is 4.36. The topological polar surface area (TPSA) is 118 Å². The first-order valence-corrected chi connectivity index (χ1v) is 9.31. The Balaban J connectivity index is 1.77. The van der Waals surface area contributed by atoms with Crippen molar-refractivity contribution in [2.45, 2.75) is 13.8 Å². The van der Waals surface area contributed by atoms with Crippen LogP contribution < -0.4 is 10.1 Å². The average molecular weight is 412 g/mol. The third-order valence-corrected chi connectivity index (χ3v) is 4.61. The summed E-state index contributed by atoms with van der Waals surface area (Å²) in [6, 6.07) is 9.19. The predicted molar refractivity (Wildman–Crippen MR) is 111 cm³/mol. The smallest absolute Gasteiger partial charge is 0.340 e. The van der Waals surface area contributed by atoms with E-state index < -0.39 is 11.9 Å². The number of aryl methyl sites for hydroxylation is 1. The molecule has 1 amide bonds. The number of amides is 1. The van der Waals surface area contributed by atoms with Crippen LogP contribution in [-0.4, -0.2) is 54.5 Å². The molecule has 0 fully saturated rings. The van der Waals surface area contributed by atoms with E-state index in [-0.39, 0.29) is 12.3 Å². The Kier molecular flexibility index (Phi) is 6.53. The number of anilines is 1. The van der Waals surface area contributed by atoms with E-state index in [0.717, 1.165) is 5.56 Å². The standard InChI is InChI=1S/C21H24N4O5/c1-12-18(21(27)30-10-9-28-3)13(2)22-19(12)20(26)23-17-11-15(24-25-17)14-7-5-6-8-16(14)29-4/h5-8,11,22H,9-10H2,1-4H3,(H2,23,24,25,26). The van der Waals surface area contributed by atoms with Crippen molar-refractivity contribution in [3.8, 4) is 17.0 Å². The zero-order chi connectivity index (χ0) is 21.7. The molecule has 0 spiro atoms. The molecule has 9 nitrogen and oxygen atoms in total. The SMILES string of the molecule is COCCOC(=O)c1c(C)[nH]c(C(=O)Nc2cc(-c3ccccc3OC)[nH]n2)c1C. The lowest BCUT2D eigenvalue weighted by Crippen LogP contribution is -2.15. The third-order valence-electron chi connectivity index (χ3n) is 4.61. The van der Waals surface area contributed by atoms with E-state index in [2.05, 4.69) is 20.5 Å². The van der Waals surface area contributed by atoms with Gasteiger partial charge in [-0.1, -0.05) is 12.1 Å². The Bertz CT molecular complexity index is 1050. The van der Waals surface area contributed by atoms with Crippen LogP contribution in [0.2, 0.25) is 0 Å². The molecule has 0 aliphatic carbocycles. The second-order valence-electron chi connectivity index (χ2n) is 6.57. The summed E-state index contributed by atoms with van der Waals surface area (Å²) in [4.78, 5) is 28.0. The van der Waals surface area contributed by atoms with Gasteiger partial charge in [-0.15, -0.1) is 0 Å². The van der Waals surface area contributed by atoms with Crippen molar-refractivity contribution in [2.75, 3.05) is 32.8 Å². The number of carbonyl (C=O) groups excluding carboxylic acids is 2. The molecule has 0 bridgehead atoms. The number of nitrogens with one attached hydrogen (secondary N) is 3. The molecular weight excluding hydrogens is 388 g/mol. The summed E-state index contributed by atoms with van der Waals surface area (Å²) in [7, 11) is 3.11. The highest BCUT2D eigenvalue weighted by Gasteiger charge is 2.23. The summed E-state index contributed by atoms with van der Waals surface area (Å²) in [6.07, 6.45) is 0. The minimum atomic E-state index is -0.504. The summed E-state index contributed by atoms with van der Waals surface area (Å²) in [5.74, 6) is 0.114. The van der Waals surface area contributed by atoms with Gasteiger partial charge in [0, 0.05) is 24.4 Å². The molecule has 30 heavy (non-hydrogen) atoms. The molecule has 0 radical (unpaired) electrons. The van der Waals surface area contributed by atoms with Gasteiger partial charge in [-0.25, -0.2) is 4.79 Å². The highest BCUT2D eigenvalue weighted by atomic mass is 16.6. The summed E-state index contributed by atoms with van der Waals surface area (Å²) in [5, 5.41) is 9.77. The van der Waals surface area contributed by atoms with E-state index in [0.29, 0.717) is 40.7 Å². The van der Waals surface area contributed by atoms with Crippen molar-refractivity contribution in [3.63, 3.8) is 0 Å². The minimum absolute atomic E-state index is 0.139. The number of para-hydroxylation sites is 1. The van der Waals surface area contributed by atoms with E-state index in [1.54, 1.807) is 27.0 Å². The van der Waals surface area contributed by atoms with Gasteiger partial charge in [0.1, 0.15) is 18.1 Å². The maximum atomic E-state index is 12.8. The van der Waals surface area contributed by atoms with Crippen molar-refractivity contribution in [1.82, 2.24) is 15.2 Å². The number of nitrogens with zero attached hydrogens (tertiary/aromatic N) is 1. The fraction of sp³-hybridized carbons (Fsp3) is 0.286. The van der Waals surface area contributed by atoms with Crippen LogP contribution in [0.3, 0.4) is 0 Å². The number of hydrogen-bond donors (Lipinski definition) is 3. The molecular formula is C21H24N4O5. The number of esters is 1. The van der Waals surface area contributed by atoms with E-state index in [9.17, 15) is 9.59 Å². The molecule has 2 heterocycles. The van der Waals surface area contributed by atoms with Crippen LogP contribution in [0.4, 0.5) is 5.82 Å². The molecule has 3 aromatic rings. The summed E-state index contributed by atoms with van der Waals surface area (Å²) >= 11 is 0. The van der Waals surface area contributed by atoms with E-state index in [4.69, 9.17) is 14.2 Å². The number of methoxy groups -OCH3 is 2. The normalized spacial score (nSPS) is 10.7. The summed E-state index contributed by atoms with van der Waals surface area (Å²) < 4.78 is 15.4. The Hall–Kier alpha value is -3.59. The van der Waals surface area contributed by atoms with Crippen LogP contribution in [-0.2, 0) is 9.47 Å². The lowest BCUT2D eigenvalue weighted by atomic mass is 10.1. The number of carbonyl (C=O) groups is 2. The Morgan fingerprint density at radius 3 is 2.63 bits per heavy atom. The number of aromatic nitrogens is 3. The fourth-order valence-electron chi connectivity index (χ4n) is 3.14. The molecule has 3 N–H and O–H groups in total. The van der Waals surface area contributed by atoms with Crippen LogP contribution in [0.25, 0.3) is 11.3 Å². The molecule has 9 heteroatoms. The highest BCUT2D eigenvalue weighted by molar-refractivity contribution is 6.06. The van der Waals surface area contributed by atoms with Crippen LogP contribution in [0.5, 0.6) is 5.75 Å². The van der Waals surface area contributed by atoms with Gasteiger partial charge in [-0.05, 0) is 31.5 Å². The van der Waals surface area contributed by atoms with Crippen molar-refractivity contribution in [1.29, 1.82) is 0 Å². The van der Waals surface area contributed by atoms with E-state index in [1.807, 2.05) is 24.3 Å². The van der Waals surface area contributed by atoms with Gasteiger partial charge in [0.05, 0.1) is 25.0 Å². The lowest BCUT2D eigenvalue weighted by molar-refractivity contribution is 0.0387. The molecule has 3 rings (SSSR count). The molecule has 0 saturated heterocycles. The molecule has 0 aliphatic rings. The molecule has 158 valence electrons. The quantitative estimate of drug-likeness (QED) is 0.386. The van der Waals surface area contributed by atoms with Gasteiger partial charge in [0.15, 0.2) is 5.82 Å². The molecule has 2 aromatic heterocycles. The monoisotopic (exact) mass is 412 g/mol. The number of hydrogen-bond acceptors (Lipinski definition) is 6. The van der Waals surface area contributed by atoms with Crippen LogP contribution in [0.1, 0.15) is 32.1 Å². The zero-order valence-electron chi connectivity index (χ0n) is 17.3. The van der Waals surface area contributed by atoms with Crippen LogP contribution in [0.15, 0.2) is 30.3 Å². The van der Waals surface area contributed by atoms with Crippen molar-refractivity contribution < 1.29 is 23.8 Å². The number of H-pyrrole nitrogens is 2. The molecule has 1 aromatic carbocycles. The Morgan fingerprint density at radius 1 is 1.13 bits per heavy atom. The van der Waals surface area contributed by atoms with Gasteiger partial charge in [0.2, 0.25) is 0 Å². The number of aromatic amines is 2. The first kappa shape index (κ1) is 21.1. The second kappa shape index (κ2) is 9.27. The number of ether oxygens (including phenoxy) is 3. The average Bonchev–Trinajstić information content (AvgIpc) is 3.31. The summed E-state index contributed by atoms with van der Waals surface area (Å²) in [5.41, 5.74) is 3.19. The highest BCUT2D eigenvalue weighted by Crippen LogP contribution is 2.29.